The van der Waals surface area contributed by atoms with Gasteiger partial charge in [0.25, 0.3) is 0 Å². The Morgan fingerprint density at radius 3 is 2.57 bits per heavy atom. The standard InChI is InChI=1S/C30H39ClN2O2/c1-18(34)33-28(19-4-7-21(31)8-5-19)17-27(32-33)26-11-10-24-23-9-6-20-16-22(35)12-14-29(20,2)25(23)13-15-30(24,26)3/h4-8,22-26,28,35H,9-17H2,1-3H3/t22-,23-,24-,25-,26+,28+,29-,30-/m0/s1. The van der Waals surface area contributed by atoms with E-state index in [0.717, 1.165) is 54.0 Å². The fourth-order valence-corrected chi connectivity index (χ4v) is 9.29. The molecule has 0 bridgehead atoms. The number of rotatable bonds is 2. The van der Waals surface area contributed by atoms with E-state index in [9.17, 15) is 9.90 Å². The zero-order valence-corrected chi connectivity index (χ0v) is 22.1. The molecule has 1 amide bonds. The first-order chi connectivity index (χ1) is 16.7. The second kappa shape index (κ2) is 8.45. The van der Waals surface area contributed by atoms with E-state index in [1.54, 1.807) is 17.5 Å². The Morgan fingerprint density at radius 1 is 1.06 bits per heavy atom. The lowest BCUT2D eigenvalue weighted by Gasteiger charge is -2.58. The molecule has 1 N–H and O–H groups in total. The quantitative estimate of drug-likeness (QED) is 0.453. The second-order valence-electron chi connectivity index (χ2n) is 12.6. The third-order valence-electron chi connectivity index (χ3n) is 11.0. The largest absolute Gasteiger partial charge is 0.393 e. The molecular weight excluding hydrogens is 456 g/mol. The molecule has 5 heteroatoms. The van der Waals surface area contributed by atoms with Crippen molar-refractivity contribution in [3.63, 3.8) is 0 Å². The Balaban J connectivity index is 1.27. The fraction of sp³-hybridized carbons (Fsp3) is 0.667. The smallest absolute Gasteiger partial charge is 0.240 e. The maximum absolute atomic E-state index is 12.6. The van der Waals surface area contributed by atoms with Gasteiger partial charge in [-0.2, -0.15) is 5.10 Å². The number of aliphatic hydroxyl groups excluding tert-OH is 1. The van der Waals surface area contributed by atoms with Gasteiger partial charge in [0.05, 0.1) is 12.1 Å². The van der Waals surface area contributed by atoms with Gasteiger partial charge in [-0.15, -0.1) is 0 Å². The predicted octanol–water partition coefficient (Wildman–Crippen LogP) is 6.93. The van der Waals surface area contributed by atoms with Crippen LogP contribution in [0.2, 0.25) is 5.02 Å². The van der Waals surface area contributed by atoms with Crippen LogP contribution in [0.5, 0.6) is 0 Å². The van der Waals surface area contributed by atoms with Crippen LogP contribution in [-0.4, -0.2) is 27.8 Å². The summed E-state index contributed by atoms with van der Waals surface area (Å²) in [5.74, 6) is 2.67. The Labute approximate surface area is 214 Å². The summed E-state index contributed by atoms with van der Waals surface area (Å²) in [6.07, 6.45) is 12.3. The first kappa shape index (κ1) is 23.7. The van der Waals surface area contributed by atoms with Crippen molar-refractivity contribution in [3.05, 3.63) is 46.5 Å². The number of amides is 1. The van der Waals surface area contributed by atoms with Gasteiger partial charge in [-0.05, 0) is 97.6 Å². The van der Waals surface area contributed by atoms with E-state index in [0.29, 0.717) is 5.92 Å². The van der Waals surface area contributed by atoms with E-state index in [1.165, 1.54) is 37.8 Å². The molecule has 3 fully saturated rings. The molecule has 1 aliphatic heterocycles. The van der Waals surface area contributed by atoms with Crippen molar-refractivity contribution in [3.8, 4) is 0 Å². The molecule has 0 aromatic heterocycles. The molecule has 188 valence electrons. The molecule has 4 nitrogen and oxygen atoms in total. The summed E-state index contributed by atoms with van der Waals surface area (Å²) in [5, 5.41) is 17.7. The van der Waals surface area contributed by atoms with Crippen LogP contribution in [-0.2, 0) is 4.79 Å². The number of hydrogen-bond acceptors (Lipinski definition) is 3. The average Bonchev–Trinajstić information content (AvgIpc) is 3.41. The van der Waals surface area contributed by atoms with Gasteiger partial charge in [-0.25, -0.2) is 5.01 Å². The fourth-order valence-electron chi connectivity index (χ4n) is 9.17. The summed E-state index contributed by atoms with van der Waals surface area (Å²) in [6, 6.07) is 7.89. The second-order valence-corrected chi connectivity index (χ2v) is 13.0. The van der Waals surface area contributed by atoms with E-state index in [-0.39, 0.29) is 28.9 Å². The predicted molar refractivity (Wildman–Crippen MR) is 140 cm³/mol. The molecule has 1 aromatic carbocycles. The topological polar surface area (TPSA) is 52.9 Å². The van der Waals surface area contributed by atoms with Crippen LogP contribution < -0.4 is 0 Å². The summed E-state index contributed by atoms with van der Waals surface area (Å²) in [4.78, 5) is 12.6. The highest BCUT2D eigenvalue weighted by Gasteiger charge is 2.59. The van der Waals surface area contributed by atoms with Gasteiger partial charge in [0.2, 0.25) is 5.91 Å². The number of fused-ring (bicyclic) bond motifs is 5. The number of hydrazone groups is 1. The molecule has 35 heavy (non-hydrogen) atoms. The lowest BCUT2D eigenvalue weighted by Crippen LogP contribution is -2.51. The minimum atomic E-state index is -0.145. The van der Waals surface area contributed by atoms with Crippen LogP contribution in [0.1, 0.15) is 90.2 Å². The average molecular weight is 495 g/mol. The normalized spacial score (nSPS) is 42.6. The molecule has 1 heterocycles. The van der Waals surface area contributed by atoms with Gasteiger partial charge in [0, 0.05) is 30.0 Å². The van der Waals surface area contributed by atoms with E-state index >= 15 is 0 Å². The minimum absolute atomic E-state index is 0.0146. The van der Waals surface area contributed by atoms with Gasteiger partial charge in [0.1, 0.15) is 0 Å². The van der Waals surface area contributed by atoms with Crippen LogP contribution in [0.25, 0.3) is 0 Å². The first-order valence-electron chi connectivity index (χ1n) is 13.7. The first-order valence-corrected chi connectivity index (χ1v) is 14.1. The summed E-state index contributed by atoms with van der Waals surface area (Å²) in [5.41, 5.74) is 4.43. The monoisotopic (exact) mass is 494 g/mol. The minimum Gasteiger partial charge on any atom is -0.393 e. The number of carbonyl (C=O) groups is 1. The summed E-state index contributed by atoms with van der Waals surface area (Å²) < 4.78 is 0. The van der Waals surface area contributed by atoms with Crippen molar-refractivity contribution in [2.75, 3.05) is 0 Å². The van der Waals surface area contributed by atoms with E-state index < -0.39 is 0 Å². The zero-order valence-electron chi connectivity index (χ0n) is 21.3. The van der Waals surface area contributed by atoms with Gasteiger partial charge in [0.15, 0.2) is 0 Å². The summed E-state index contributed by atoms with van der Waals surface area (Å²) >= 11 is 6.13. The number of nitrogens with zero attached hydrogens (tertiary/aromatic N) is 2. The molecule has 0 saturated heterocycles. The highest BCUT2D eigenvalue weighted by atomic mass is 35.5. The Bertz CT molecular complexity index is 1080. The number of halogens is 1. The van der Waals surface area contributed by atoms with Gasteiger partial charge in [-0.1, -0.05) is 49.2 Å². The van der Waals surface area contributed by atoms with Crippen molar-refractivity contribution in [2.45, 2.75) is 90.7 Å². The van der Waals surface area contributed by atoms with Crippen LogP contribution in [0.4, 0.5) is 0 Å². The number of allylic oxidation sites excluding steroid dienone is 1. The highest BCUT2D eigenvalue weighted by Crippen LogP contribution is 2.66. The van der Waals surface area contributed by atoms with Gasteiger partial charge < -0.3 is 5.11 Å². The Morgan fingerprint density at radius 2 is 1.83 bits per heavy atom. The van der Waals surface area contributed by atoms with E-state index in [4.69, 9.17) is 16.7 Å². The van der Waals surface area contributed by atoms with Crippen LogP contribution in [0.15, 0.2) is 41.0 Å². The molecule has 5 aliphatic rings. The molecule has 6 rings (SSSR count). The molecule has 1 aromatic rings. The van der Waals surface area contributed by atoms with E-state index in [1.807, 2.05) is 24.3 Å². The lowest BCUT2D eigenvalue weighted by molar-refractivity contribution is -0.130. The number of hydrogen-bond donors (Lipinski definition) is 1. The molecular formula is C30H39ClN2O2. The molecule has 0 radical (unpaired) electrons. The molecule has 4 aliphatic carbocycles. The van der Waals surface area contributed by atoms with Crippen molar-refractivity contribution in [1.29, 1.82) is 0 Å². The van der Waals surface area contributed by atoms with Crippen molar-refractivity contribution < 1.29 is 9.90 Å². The number of benzene rings is 1. The van der Waals surface area contributed by atoms with Crippen molar-refractivity contribution in [1.82, 2.24) is 5.01 Å². The third-order valence-corrected chi connectivity index (χ3v) is 11.2. The van der Waals surface area contributed by atoms with Crippen molar-refractivity contribution >= 4 is 23.2 Å². The summed E-state index contributed by atoms with van der Waals surface area (Å²) in [6.45, 7) is 6.67. The third kappa shape index (κ3) is 3.65. The Hall–Kier alpha value is -1.65. The number of carbonyl (C=O) groups excluding carboxylic acids is 1. The molecule has 0 unspecified atom stereocenters. The molecule has 3 saturated carbocycles. The van der Waals surface area contributed by atoms with Gasteiger partial charge >= 0.3 is 0 Å². The van der Waals surface area contributed by atoms with Crippen LogP contribution in [0, 0.1) is 34.5 Å². The highest BCUT2D eigenvalue weighted by molar-refractivity contribution is 6.30. The van der Waals surface area contributed by atoms with Crippen LogP contribution in [0.3, 0.4) is 0 Å². The lowest BCUT2D eigenvalue weighted by atomic mass is 9.47. The molecule has 0 spiro atoms. The maximum Gasteiger partial charge on any atom is 0.240 e. The van der Waals surface area contributed by atoms with Crippen LogP contribution >= 0.6 is 11.6 Å². The maximum atomic E-state index is 12.6. The number of aliphatic hydroxyl groups is 1. The Kier molecular flexibility index (Phi) is 5.73. The zero-order chi connectivity index (χ0) is 24.5. The van der Waals surface area contributed by atoms with Gasteiger partial charge in [-0.3, -0.25) is 4.79 Å². The molecule has 8 atom stereocenters. The summed E-state index contributed by atoms with van der Waals surface area (Å²) in [7, 11) is 0. The SMILES string of the molecule is CC(=O)N1N=C([C@H]2CC[C@H]3[C@@H]4CC=C5C[C@@H](O)CC[C@]5(C)[C@H]4CC[C@]23C)C[C@@H]1c1ccc(Cl)cc1. The van der Waals surface area contributed by atoms with E-state index in [2.05, 4.69) is 19.9 Å². The van der Waals surface area contributed by atoms with Crippen molar-refractivity contribution in [2.24, 2.45) is 39.6 Å².